The van der Waals surface area contributed by atoms with Gasteiger partial charge in [0, 0.05) is 51.7 Å². The van der Waals surface area contributed by atoms with E-state index in [4.69, 9.17) is 34.0 Å². The maximum Gasteiger partial charge on any atom is 0.414 e. The minimum absolute atomic E-state index is 0.266. The van der Waals surface area contributed by atoms with Crippen molar-refractivity contribution in [2.24, 2.45) is 0 Å². The Balaban J connectivity index is 0.000000401. The zero-order valence-corrected chi connectivity index (χ0v) is 17.2. The van der Waals surface area contributed by atoms with Gasteiger partial charge in [0.05, 0.1) is 7.11 Å². The quantitative estimate of drug-likeness (QED) is 0.670. The van der Waals surface area contributed by atoms with E-state index in [1.54, 1.807) is 7.11 Å². The van der Waals surface area contributed by atoms with Crippen LogP contribution in [-0.2, 0) is 22.7 Å². The number of piperazine rings is 1. The van der Waals surface area contributed by atoms with E-state index in [9.17, 15) is 0 Å². The first-order valence-electron chi connectivity index (χ1n) is 9.72. The van der Waals surface area contributed by atoms with Gasteiger partial charge in [-0.1, -0.05) is 6.07 Å². The second kappa shape index (κ2) is 10.6. The van der Waals surface area contributed by atoms with E-state index >= 15 is 0 Å². The molecular formula is C21H25N3O7. The normalized spacial score (nSPS) is 15.6. The Morgan fingerprint density at radius 3 is 2.23 bits per heavy atom. The zero-order chi connectivity index (χ0) is 22.2. The highest BCUT2D eigenvalue weighted by molar-refractivity contribution is 6.27. The molecule has 1 aromatic heterocycles. The van der Waals surface area contributed by atoms with Crippen LogP contribution in [0.15, 0.2) is 36.7 Å². The summed E-state index contributed by atoms with van der Waals surface area (Å²) in [4.78, 5) is 27.3. The van der Waals surface area contributed by atoms with Crippen LogP contribution in [0.3, 0.4) is 0 Å². The van der Waals surface area contributed by atoms with Crippen LogP contribution in [0.1, 0.15) is 11.1 Å². The Bertz CT molecular complexity index is 887. The number of nitrogens with zero attached hydrogens (tertiary/aromatic N) is 3. The van der Waals surface area contributed by atoms with E-state index in [2.05, 4.69) is 33.0 Å². The van der Waals surface area contributed by atoms with Crippen molar-refractivity contribution >= 4 is 11.9 Å². The van der Waals surface area contributed by atoms with Crippen LogP contribution < -0.4 is 14.2 Å². The number of carbonyl (C=O) groups is 2. The number of aliphatic carboxylic acids is 2. The van der Waals surface area contributed by atoms with Crippen LogP contribution in [0.2, 0.25) is 0 Å². The first-order valence-corrected chi connectivity index (χ1v) is 9.72. The fourth-order valence-electron chi connectivity index (χ4n) is 3.39. The lowest BCUT2D eigenvalue weighted by Crippen LogP contribution is -2.45. The monoisotopic (exact) mass is 431 g/mol. The molecule has 0 saturated carbocycles. The van der Waals surface area contributed by atoms with Crippen molar-refractivity contribution in [2.45, 2.75) is 13.1 Å². The van der Waals surface area contributed by atoms with Gasteiger partial charge >= 0.3 is 11.9 Å². The molecule has 3 heterocycles. The van der Waals surface area contributed by atoms with Gasteiger partial charge in [-0.2, -0.15) is 0 Å². The number of methoxy groups -OCH3 is 1. The van der Waals surface area contributed by atoms with Crippen LogP contribution in [0.4, 0.5) is 0 Å². The highest BCUT2D eigenvalue weighted by atomic mass is 16.7. The molecule has 10 nitrogen and oxygen atoms in total. The molecule has 2 aliphatic heterocycles. The van der Waals surface area contributed by atoms with Crippen LogP contribution in [0.5, 0.6) is 17.2 Å². The third-order valence-corrected chi connectivity index (χ3v) is 4.90. The number of hydrogen-bond acceptors (Lipinski definition) is 8. The van der Waals surface area contributed by atoms with E-state index in [-0.39, 0.29) is 6.79 Å². The van der Waals surface area contributed by atoms with Crippen LogP contribution in [-0.4, -0.2) is 77.0 Å². The topological polar surface area (TPSA) is 122 Å². The number of benzene rings is 1. The Morgan fingerprint density at radius 1 is 1.03 bits per heavy atom. The summed E-state index contributed by atoms with van der Waals surface area (Å²) in [5.41, 5.74) is 2.47. The molecule has 0 bridgehead atoms. The van der Waals surface area contributed by atoms with Gasteiger partial charge in [0.2, 0.25) is 12.5 Å². The number of carboxylic acids is 2. The van der Waals surface area contributed by atoms with Gasteiger partial charge < -0.3 is 24.4 Å². The van der Waals surface area contributed by atoms with Gasteiger partial charge in [-0.3, -0.25) is 14.8 Å². The highest BCUT2D eigenvalue weighted by Gasteiger charge is 2.22. The van der Waals surface area contributed by atoms with Crippen molar-refractivity contribution in [3.8, 4) is 17.2 Å². The Morgan fingerprint density at radius 2 is 1.68 bits per heavy atom. The molecule has 31 heavy (non-hydrogen) atoms. The molecule has 0 amide bonds. The maximum atomic E-state index is 9.10. The van der Waals surface area contributed by atoms with Gasteiger partial charge in [0.1, 0.15) is 0 Å². The van der Waals surface area contributed by atoms with E-state index in [1.807, 2.05) is 18.5 Å². The van der Waals surface area contributed by atoms with E-state index in [0.29, 0.717) is 5.75 Å². The predicted molar refractivity (Wildman–Crippen MR) is 109 cm³/mol. The number of rotatable bonds is 5. The molecule has 0 aliphatic carbocycles. The van der Waals surface area contributed by atoms with Crippen molar-refractivity contribution in [2.75, 3.05) is 40.1 Å². The average Bonchev–Trinajstić information content (AvgIpc) is 3.24. The lowest BCUT2D eigenvalue weighted by molar-refractivity contribution is -0.159. The molecule has 0 radical (unpaired) electrons. The number of pyridine rings is 1. The molecule has 1 aromatic carbocycles. The van der Waals surface area contributed by atoms with E-state index in [1.165, 1.54) is 11.1 Å². The van der Waals surface area contributed by atoms with Gasteiger partial charge in [0.25, 0.3) is 0 Å². The summed E-state index contributed by atoms with van der Waals surface area (Å²) < 4.78 is 16.4. The molecule has 0 spiro atoms. The number of hydrogen-bond donors (Lipinski definition) is 2. The SMILES string of the molecule is COc1cc(CN2CCN(Cc3cccnc3)CC2)cc2c1OCO2.O=C(O)C(=O)O. The van der Waals surface area contributed by atoms with Crippen molar-refractivity contribution < 1.29 is 34.0 Å². The summed E-state index contributed by atoms with van der Waals surface area (Å²) in [6.45, 7) is 6.37. The zero-order valence-electron chi connectivity index (χ0n) is 17.2. The minimum Gasteiger partial charge on any atom is -0.493 e. The number of carboxylic acid groups (broad SMARTS) is 2. The predicted octanol–water partition coefficient (Wildman–Crippen LogP) is 1.29. The lowest BCUT2D eigenvalue weighted by Gasteiger charge is -2.34. The fraction of sp³-hybridized carbons (Fsp3) is 0.381. The molecule has 166 valence electrons. The summed E-state index contributed by atoms with van der Waals surface area (Å²) in [5.74, 6) is -1.40. The number of aromatic nitrogens is 1. The van der Waals surface area contributed by atoms with Crippen LogP contribution in [0, 0.1) is 0 Å². The van der Waals surface area contributed by atoms with Gasteiger partial charge in [-0.25, -0.2) is 9.59 Å². The summed E-state index contributed by atoms with van der Waals surface area (Å²) in [5, 5.41) is 14.8. The van der Waals surface area contributed by atoms with Crippen LogP contribution >= 0.6 is 0 Å². The summed E-state index contributed by atoms with van der Waals surface area (Å²) in [6, 6.07) is 8.25. The lowest BCUT2D eigenvalue weighted by atomic mass is 10.1. The van der Waals surface area contributed by atoms with E-state index in [0.717, 1.165) is 50.8 Å². The molecule has 0 atom stereocenters. The Labute approximate surface area is 179 Å². The smallest absolute Gasteiger partial charge is 0.414 e. The first-order chi connectivity index (χ1) is 15.0. The van der Waals surface area contributed by atoms with Crippen molar-refractivity contribution in [1.29, 1.82) is 0 Å². The first kappa shape index (κ1) is 22.3. The third kappa shape index (κ3) is 6.30. The Hall–Kier alpha value is -3.37. The third-order valence-electron chi connectivity index (χ3n) is 4.90. The standard InChI is InChI=1S/C19H23N3O3.C2H2O4/c1-23-17-9-16(10-18-19(17)25-14-24-18)13-22-7-5-21(6-8-22)12-15-3-2-4-20-11-15;3-1(4)2(5)6/h2-4,9-11H,5-8,12-14H2,1H3;(H,3,4)(H,5,6). The van der Waals surface area contributed by atoms with Crippen molar-refractivity contribution in [1.82, 2.24) is 14.8 Å². The molecular weight excluding hydrogens is 406 g/mol. The molecule has 2 N–H and O–H groups in total. The van der Waals surface area contributed by atoms with Crippen LogP contribution in [0.25, 0.3) is 0 Å². The van der Waals surface area contributed by atoms with E-state index < -0.39 is 11.9 Å². The molecule has 2 aliphatic rings. The molecule has 1 fully saturated rings. The maximum absolute atomic E-state index is 9.10. The van der Waals surface area contributed by atoms with Crippen molar-refractivity contribution in [3.63, 3.8) is 0 Å². The average molecular weight is 431 g/mol. The molecule has 0 unspecified atom stereocenters. The second-order valence-corrected chi connectivity index (χ2v) is 7.06. The largest absolute Gasteiger partial charge is 0.493 e. The van der Waals surface area contributed by atoms with Gasteiger partial charge in [-0.05, 0) is 29.3 Å². The van der Waals surface area contributed by atoms with Gasteiger partial charge in [0.15, 0.2) is 11.5 Å². The molecule has 10 heteroatoms. The molecule has 4 rings (SSSR count). The summed E-state index contributed by atoms with van der Waals surface area (Å²) in [6.07, 6.45) is 3.77. The molecule has 2 aromatic rings. The fourth-order valence-corrected chi connectivity index (χ4v) is 3.39. The van der Waals surface area contributed by atoms with Gasteiger partial charge in [-0.15, -0.1) is 0 Å². The Kier molecular flexibility index (Phi) is 7.63. The summed E-state index contributed by atoms with van der Waals surface area (Å²) >= 11 is 0. The number of fused-ring (bicyclic) bond motifs is 1. The minimum atomic E-state index is -1.82. The molecule has 1 saturated heterocycles. The second-order valence-electron chi connectivity index (χ2n) is 7.06. The number of ether oxygens (including phenoxy) is 3. The summed E-state index contributed by atoms with van der Waals surface area (Å²) in [7, 11) is 1.66. The van der Waals surface area contributed by atoms with Crippen molar-refractivity contribution in [3.05, 3.63) is 47.8 Å². The highest BCUT2D eigenvalue weighted by Crippen LogP contribution is 2.42.